The summed E-state index contributed by atoms with van der Waals surface area (Å²) in [5.41, 5.74) is 3.68. The summed E-state index contributed by atoms with van der Waals surface area (Å²) < 4.78 is 0. The highest BCUT2D eigenvalue weighted by molar-refractivity contribution is 5.86. The van der Waals surface area contributed by atoms with Crippen LogP contribution >= 0.6 is 0 Å². The highest BCUT2D eigenvalue weighted by Crippen LogP contribution is 2.31. The molecule has 0 aliphatic rings. The molecular formula is C18H17N. The molecule has 3 rings (SSSR count). The summed E-state index contributed by atoms with van der Waals surface area (Å²) in [5, 5.41) is 2.57. The van der Waals surface area contributed by atoms with Crippen LogP contribution in [0.3, 0.4) is 0 Å². The van der Waals surface area contributed by atoms with Crippen molar-refractivity contribution in [2.24, 2.45) is 0 Å². The molecule has 0 bridgehead atoms. The summed E-state index contributed by atoms with van der Waals surface area (Å²) in [6, 6.07) is 19.2. The predicted octanol–water partition coefficient (Wildman–Crippen LogP) is 4.79. The first kappa shape index (κ1) is 11.8. The third-order valence-corrected chi connectivity index (χ3v) is 3.58. The molecule has 1 heterocycles. The first-order valence-electron chi connectivity index (χ1n) is 6.55. The molecule has 0 unspecified atom stereocenters. The van der Waals surface area contributed by atoms with E-state index in [-0.39, 0.29) is 5.92 Å². The van der Waals surface area contributed by atoms with E-state index in [9.17, 15) is 0 Å². The number of aryl methyl sites for hydroxylation is 1. The van der Waals surface area contributed by atoms with E-state index in [0.29, 0.717) is 0 Å². The van der Waals surface area contributed by atoms with Gasteiger partial charge in [0.25, 0.3) is 0 Å². The summed E-state index contributed by atoms with van der Waals surface area (Å²) in [6.45, 7) is 6.09. The van der Waals surface area contributed by atoms with Gasteiger partial charge in [-0.05, 0) is 35.4 Å². The number of aromatic nitrogens is 1. The minimum Gasteiger partial charge on any atom is -0.362 e. The molecule has 94 valence electrons. The van der Waals surface area contributed by atoms with Crippen LogP contribution in [0.4, 0.5) is 0 Å². The first-order valence-corrected chi connectivity index (χ1v) is 6.55. The Morgan fingerprint density at radius 1 is 1.00 bits per heavy atom. The smallest absolute Gasteiger partial charge is 0.0424 e. The molecule has 0 aliphatic heterocycles. The SMILES string of the molecule is C=C[C@@H](c1ccc(C)[nH]1)c1cccc2ccccc12. The Labute approximate surface area is 113 Å². The quantitative estimate of drug-likeness (QED) is 0.640. The first-order chi connectivity index (χ1) is 9.29. The van der Waals surface area contributed by atoms with Crippen molar-refractivity contribution in [1.82, 2.24) is 4.98 Å². The number of benzene rings is 2. The molecule has 1 N–H and O–H groups in total. The maximum Gasteiger partial charge on any atom is 0.0424 e. The lowest BCUT2D eigenvalue weighted by Gasteiger charge is -2.14. The van der Waals surface area contributed by atoms with Crippen LogP contribution in [0.5, 0.6) is 0 Å². The third-order valence-electron chi connectivity index (χ3n) is 3.58. The van der Waals surface area contributed by atoms with E-state index in [4.69, 9.17) is 0 Å². The summed E-state index contributed by atoms with van der Waals surface area (Å²) in [6.07, 6.45) is 2.01. The molecule has 0 fully saturated rings. The molecule has 2 aromatic carbocycles. The molecule has 0 saturated carbocycles. The number of aromatic amines is 1. The maximum atomic E-state index is 4.01. The number of hydrogen-bond acceptors (Lipinski definition) is 0. The van der Waals surface area contributed by atoms with Gasteiger partial charge in [0.1, 0.15) is 0 Å². The second-order valence-electron chi connectivity index (χ2n) is 4.88. The molecule has 0 saturated heterocycles. The Kier molecular flexibility index (Phi) is 2.96. The number of hydrogen-bond donors (Lipinski definition) is 1. The van der Waals surface area contributed by atoms with Gasteiger partial charge in [0.15, 0.2) is 0 Å². The Hall–Kier alpha value is -2.28. The number of H-pyrrole nitrogens is 1. The minimum absolute atomic E-state index is 0.208. The van der Waals surface area contributed by atoms with E-state index < -0.39 is 0 Å². The van der Waals surface area contributed by atoms with Gasteiger partial charge in [0, 0.05) is 17.3 Å². The summed E-state index contributed by atoms with van der Waals surface area (Å²) in [5.74, 6) is 0.208. The Morgan fingerprint density at radius 3 is 2.53 bits per heavy atom. The fourth-order valence-corrected chi connectivity index (χ4v) is 2.65. The molecule has 1 heteroatoms. The largest absolute Gasteiger partial charge is 0.362 e. The van der Waals surface area contributed by atoms with Crippen LogP contribution in [0.15, 0.2) is 67.3 Å². The van der Waals surface area contributed by atoms with E-state index in [1.165, 1.54) is 27.7 Å². The van der Waals surface area contributed by atoms with Crippen molar-refractivity contribution in [1.29, 1.82) is 0 Å². The Balaban J connectivity index is 2.19. The van der Waals surface area contributed by atoms with Gasteiger partial charge in [-0.3, -0.25) is 0 Å². The van der Waals surface area contributed by atoms with Crippen LogP contribution in [-0.2, 0) is 0 Å². The standard InChI is InChI=1S/C18H17N/c1-3-15(18-12-11-13(2)19-18)17-10-6-8-14-7-4-5-9-16(14)17/h3-12,15,19H,1H2,2H3/t15-/m1/s1. The zero-order valence-electron chi connectivity index (χ0n) is 11.1. The zero-order chi connectivity index (χ0) is 13.2. The van der Waals surface area contributed by atoms with E-state index in [0.717, 1.165) is 0 Å². The van der Waals surface area contributed by atoms with E-state index >= 15 is 0 Å². The Morgan fingerprint density at radius 2 is 1.79 bits per heavy atom. The van der Waals surface area contributed by atoms with Crippen molar-refractivity contribution in [2.45, 2.75) is 12.8 Å². The van der Waals surface area contributed by atoms with E-state index in [2.05, 4.69) is 73.1 Å². The summed E-state index contributed by atoms with van der Waals surface area (Å²) in [7, 11) is 0. The highest BCUT2D eigenvalue weighted by atomic mass is 14.7. The maximum absolute atomic E-state index is 4.01. The van der Waals surface area contributed by atoms with Gasteiger partial charge in [-0.2, -0.15) is 0 Å². The van der Waals surface area contributed by atoms with Crippen molar-refractivity contribution < 1.29 is 0 Å². The van der Waals surface area contributed by atoms with Crippen LogP contribution in [0.25, 0.3) is 10.8 Å². The molecular weight excluding hydrogens is 230 g/mol. The highest BCUT2D eigenvalue weighted by Gasteiger charge is 2.14. The van der Waals surface area contributed by atoms with Crippen LogP contribution in [0, 0.1) is 6.92 Å². The third kappa shape index (κ3) is 2.08. The second kappa shape index (κ2) is 4.77. The molecule has 1 aromatic heterocycles. The van der Waals surface area contributed by atoms with Gasteiger partial charge in [-0.25, -0.2) is 0 Å². The van der Waals surface area contributed by atoms with Gasteiger partial charge in [-0.15, -0.1) is 6.58 Å². The molecule has 0 spiro atoms. The van der Waals surface area contributed by atoms with Gasteiger partial charge in [-0.1, -0.05) is 48.5 Å². The number of fused-ring (bicyclic) bond motifs is 1. The van der Waals surface area contributed by atoms with Crippen LogP contribution in [0.1, 0.15) is 22.9 Å². The lowest BCUT2D eigenvalue weighted by molar-refractivity contribution is 0.975. The van der Waals surface area contributed by atoms with Crippen LogP contribution < -0.4 is 0 Å². The van der Waals surface area contributed by atoms with Crippen molar-refractivity contribution in [2.75, 3.05) is 0 Å². The second-order valence-corrected chi connectivity index (χ2v) is 4.88. The molecule has 1 atom stereocenters. The lowest BCUT2D eigenvalue weighted by atomic mass is 9.91. The summed E-state index contributed by atoms with van der Waals surface area (Å²) in [4.78, 5) is 3.42. The van der Waals surface area contributed by atoms with Crippen LogP contribution in [-0.4, -0.2) is 4.98 Å². The predicted molar refractivity (Wildman–Crippen MR) is 81.5 cm³/mol. The van der Waals surface area contributed by atoms with E-state index in [1.807, 2.05) is 6.08 Å². The minimum atomic E-state index is 0.208. The number of rotatable bonds is 3. The average molecular weight is 247 g/mol. The monoisotopic (exact) mass is 247 g/mol. The molecule has 0 amide bonds. The molecule has 3 aromatic rings. The van der Waals surface area contributed by atoms with E-state index in [1.54, 1.807) is 0 Å². The van der Waals surface area contributed by atoms with Crippen LogP contribution in [0.2, 0.25) is 0 Å². The fourth-order valence-electron chi connectivity index (χ4n) is 2.65. The van der Waals surface area contributed by atoms with Crippen molar-refractivity contribution >= 4 is 10.8 Å². The number of nitrogens with one attached hydrogen (secondary N) is 1. The molecule has 19 heavy (non-hydrogen) atoms. The summed E-state index contributed by atoms with van der Waals surface area (Å²) >= 11 is 0. The number of allylic oxidation sites excluding steroid dienone is 1. The normalized spacial score (nSPS) is 12.5. The van der Waals surface area contributed by atoms with Crippen molar-refractivity contribution in [3.63, 3.8) is 0 Å². The molecule has 1 nitrogen and oxygen atoms in total. The zero-order valence-corrected chi connectivity index (χ0v) is 11.1. The molecule has 0 aliphatic carbocycles. The van der Waals surface area contributed by atoms with Gasteiger partial charge < -0.3 is 4.98 Å². The molecule has 0 radical (unpaired) electrons. The topological polar surface area (TPSA) is 15.8 Å². The van der Waals surface area contributed by atoms with Gasteiger partial charge >= 0.3 is 0 Å². The average Bonchev–Trinajstić information content (AvgIpc) is 2.86. The van der Waals surface area contributed by atoms with Gasteiger partial charge in [0.05, 0.1) is 0 Å². The van der Waals surface area contributed by atoms with Crippen molar-refractivity contribution in [3.05, 3.63) is 84.2 Å². The fraction of sp³-hybridized carbons (Fsp3) is 0.111. The van der Waals surface area contributed by atoms with Gasteiger partial charge in [0.2, 0.25) is 0 Å². The van der Waals surface area contributed by atoms with Crippen molar-refractivity contribution in [3.8, 4) is 0 Å². The lowest BCUT2D eigenvalue weighted by Crippen LogP contribution is -1.99. The Bertz CT molecular complexity index is 716.